The van der Waals surface area contributed by atoms with Gasteiger partial charge >= 0.3 is 5.97 Å². The zero-order chi connectivity index (χ0) is 15.1. The van der Waals surface area contributed by atoms with Gasteiger partial charge in [-0.15, -0.1) is 0 Å². The average Bonchev–Trinajstić information content (AvgIpc) is 2.37. The van der Waals surface area contributed by atoms with Crippen LogP contribution in [0, 0.1) is 10.5 Å². The third kappa shape index (κ3) is 5.46. The number of hydrogen-bond acceptors (Lipinski definition) is 3. The summed E-state index contributed by atoms with van der Waals surface area (Å²) in [7, 11) is 0. The SMILES string of the molecule is CCCC(NCC(=O)Nc1ccc(I)cc1C)C(=O)O. The van der Waals surface area contributed by atoms with Gasteiger partial charge in [0.25, 0.3) is 0 Å². The van der Waals surface area contributed by atoms with Crippen molar-refractivity contribution in [3.8, 4) is 0 Å². The molecule has 0 fully saturated rings. The van der Waals surface area contributed by atoms with Gasteiger partial charge < -0.3 is 10.4 Å². The number of hydrogen-bond donors (Lipinski definition) is 3. The third-order valence-corrected chi connectivity index (χ3v) is 3.52. The van der Waals surface area contributed by atoms with Gasteiger partial charge in [0.1, 0.15) is 6.04 Å². The van der Waals surface area contributed by atoms with E-state index in [1.807, 2.05) is 32.0 Å². The van der Waals surface area contributed by atoms with Crippen LogP contribution in [0.15, 0.2) is 18.2 Å². The Morgan fingerprint density at radius 1 is 1.40 bits per heavy atom. The second kappa shape index (κ2) is 8.21. The topological polar surface area (TPSA) is 78.4 Å². The summed E-state index contributed by atoms with van der Waals surface area (Å²) in [5.41, 5.74) is 1.73. The van der Waals surface area contributed by atoms with E-state index in [4.69, 9.17) is 5.11 Å². The molecule has 1 aromatic rings. The molecule has 0 radical (unpaired) electrons. The predicted octanol–water partition coefficient (Wildman–Crippen LogP) is 2.38. The highest BCUT2D eigenvalue weighted by atomic mass is 127. The minimum Gasteiger partial charge on any atom is -0.480 e. The van der Waals surface area contributed by atoms with Crippen LogP contribution in [0.3, 0.4) is 0 Å². The molecule has 6 heteroatoms. The van der Waals surface area contributed by atoms with Crippen molar-refractivity contribution in [3.63, 3.8) is 0 Å². The molecule has 0 spiro atoms. The normalized spacial score (nSPS) is 11.9. The molecule has 0 bridgehead atoms. The Kier molecular flexibility index (Phi) is 6.94. The molecule has 1 amide bonds. The number of benzene rings is 1. The van der Waals surface area contributed by atoms with Crippen molar-refractivity contribution in [1.82, 2.24) is 5.32 Å². The van der Waals surface area contributed by atoms with Crippen molar-refractivity contribution in [1.29, 1.82) is 0 Å². The zero-order valence-corrected chi connectivity index (χ0v) is 13.7. The Labute approximate surface area is 132 Å². The Morgan fingerprint density at radius 3 is 2.65 bits per heavy atom. The molecule has 0 heterocycles. The van der Waals surface area contributed by atoms with E-state index in [1.165, 1.54) is 0 Å². The molecule has 0 saturated heterocycles. The smallest absolute Gasteiger partial charge is 0.320 e. The number of nitrogens with one attached hydrogen (secondary N) is 2. The van der Waals surface area contributed by atoms with E-state index in [-0.39, 0.29) is 12.5 Å². The van der Waals surface area contributed by atoms with Crippen LogP contribution in [-0.4, -0.2) is 29.6 Å². The van der Waals surface area contributed by atoms with E-state index >= 15 is 0 Å². The maximum Gasteiger partial charge on any atom is 0.320 e. The van der Waals surface area contributed by atoms with E-state index in [0.717, 1.165) is 21.2 Å². The molecule has 3 N–H and O–H groups in total. The summed E-state index contributed by atoms with van der Waals surface area (Å²) >= 11 is 2.21. The monoisotopic (exact) mass is 390 g/mol. The van der Waals surface area contributed by atoms with Crippen LogP contribution in [0.25, 0.3) is 0 Å². The number of aryl methyl sites for hydroxylation is 1. The van der Waals surface area contributed by atoms with Gasteiger partial charge in [-0.2, -0.15) is 0 Å². The first-order valence-corrected chi connectivity index (χ1v) is 7.54. The molecule has 0 saturated carbocycles. The highest BCUT2D eigenvalue weighted by Crippen LogP contribution is 2.17. The Hall–Kier alpha value is -1.15. The maximum atomic E-state index is 11.8. The summed E-state index contributed by atoms with van der Waals surface area (Å²) in [6.07, 6.45) is 1.26. The molecule has 0 aliphatic rings. The van der Waals surface area contributed by atoms with E-state index < -0.39 is 12.0 Å². The Bertz CT molecular complexity index is 491. The standard InChI is InChI=1S/C14H19IN2O3/c1-3-4-12(14(19)20)16-8-13(18)17-11-6-5-10(15)7-9(11)2/h5-7,12,16H,3-4,8H2,1-2H3,(H,17,18)(H,19,20). The number of carbonyl (C=O) groups excluding carboxylic acids is 1. The van der Waals surface area contributed by atoms with Crippen molar-refractivity contribution in [3.05, 3.63) is 27.3 Å². The summed E-state index contributed by atoms with van der Waals surface area (Å²) in [5, 5.41) is 14.5. The van der Waals surface area contributed by atoms with Crippen molar-refractivity contribution >= 4 is 40.2 Å². The van der Waals surface area contributed by atoms with Crippen LogP contribution in [0.5, 0.6) is 0 Å². The molecule has 1 aromatic carbocycles. The summed E-state index contributed by atoms with van der Waals surface area (Å²) in [4.78, 5) is 22.8. The third-order valence-electron chi connectivity index (χ3n) is 2.85. The van der Waals surface area contributed by atoms with Crippen LogP contribution >= 0.6 is 22.6 Å². The van der Waals surface area contributed by atoms with E-state index in [9.17, 15) is 9.59 Å². The van der Waals surface area contributed by atoms with Crippen LogP contribution < -0.4 is 10.6 Å². The molecular weight excluding hydrogens is 371 g/mol. The van der Waals surface area contributed by atoms with Crippen LogP contribution in [0.2, 0.25) is 0 Å². The van der Waals surface area contributed by atoms with Gasteiger partial charge in [-0.25, -0.2) is 0 Å². The first-order chi connectivity index (χ1) is 9.43. The summed E-state index contributed by atoms with van der Waals surface area (Å²) in [5.74, 6) is -1.17. The Balaban J connectivity index is 2.53. The van der Waals surface area contributed by atoms with Crippen molar-refractivity contribution in [2.45, 2.75) is 32.7 Å². The lowest BCUT2D eigenvalue weighted by atomic mass is 10.1. The van der Waals surface area contributed by atoms with Gasteiger partial charge in [0, 0.05) is 9.26 Å². The van der Waals surface area contributed by atoms with Gasteiger partial charge in [0.05, 0.1) is 6.54 Å². The first kappa shape index (κ1) is 16.9. The zero-order valence-electron chi connectivity index (χ0n) is 11.6. The number of rotatable bonds is 7. The molecular formula is C14H19IN2O3. The first-order valence-electron chi connectivity index (χ1n) is 6.46. The van der Waals surface area contributed by atoms with Gasteiger partial charge in [0.2, 0.25) is 5.91 Å². The van der Waals surface area contributed by atoms with Gasteiger partial charge in [0.15, 0.2) is 0 Å². The fourth-order valence-electron chi connectivity index (χ4n) is 1.78. The summed E-state index contributed by atoms with van der Waals surface area (Å²) in [6.45, 7) is 3.82. The summed E-state index contributed by atoms with van der Waals surface area (Å²) < 4.78 is 1.10. The minimum absolute atomic E-state index is 0.0115. The second-order valence-electron chi connectivity index (χ2n) is 4.57. The average molecular weight is 390 g/mol. The van der Waals surface area contributed by atoms with Crippen molar-refractivity contribution < 1.29 is 14.7 Å². The fraction of sp³-hybridized carbons (Fsp3) is 0.429. The number of carboxylic acid groups (broad SMARTS) is 1. The predicted molar refractivity (Wildman–Crippen MR) is 86.9 cm³/mol. The molecule has 0 aliphatic carbocycles. The number of anilines is 1. The Morgan fingerprint density at radius 2 is 2.10 bits per heavy atom. The summed E-state index contributed by atoms with van der Waals surface area (Å²) in [6, 6.07) is 5.05. The molecule has 1 atom stereocenters. The molecule has 110 valence electrons. The maximum absolute atomic E-state index is 11.8. The lowest BCUT2D eigenvalue weighted by Crippen LogP contribution is -2.41. The number of aliphatic carboxylic acids is 1. The lowest BCUT2D eigenvalue weighted by Gasteiger charge is -2.14. The number of halogens is 1. The molecule has 0 aliphatic heterocycles. The molecule has 1 unspecified atom stereocenters. The van der Waals surface area contributed by atoms with Crippen LogP contribution in [0.1, 0.15) is 25.3 Å². The number of amides is 1. The largest absolute Gasteiger partial charge is 0.480 e. The highest BCUT2D eigenvalue weighted by Gasteiger charge is 2.16. The molecule has 1 rings (SSSR count). The van der Waals surface area contributed by atoms with E-state index in [2.05, 4.69) is 33.2 Å². The fourth-order valence-corrected chi connectivity index (χ4v) is 2.43. The molecule has 20 heavy (non-hydrogen) atoms. The quantitative estimate of drug-likeness (QED) is 0.625. The van der Waals surface area contributed by atoms with Crippen molar-refractivity contribution in [2.75, 3.05) is 11.9 Å². The minimum atomic E-state index is -0.926. The van der Waals surface area contributed by atoms with E-state index in [1.54, 1.807) is 0 Å². The van der Waals surface area contributed by atoms with Crippen LogP contribution in [-0.2, 0) is 9.59 Å². The molecule has 5 nitrogen and oxygen atoms in total. The van der Waals surface area contributed by atoms with Crippen molar-refractivity contribution in [2.24, 2.45) is 0 Å². The second-order valence-corrected chi connectivity index (χ2v) is 5.81. The number of carboxylic acids is 1. The highest BCUT2D eigenvalue weighted by molar-refractivity contribution is 14.1. The van der Waals surface area contributed by atoms with Gasteiger partial charge in [-0.05, 0) is 59.7 Å². The molecule has 0 aromatic heterocycles. The van der Waals surface area contributed by atoms with Crippen LogP contribution in [0.4, 0.5) is 5.69 Å². The number of carbonyl (C=O) groups is 2. The van der Waals surface area contributed by atoms with Gasteiger partial charge in [-0.1, -0.05) is 13.3 Å². The lowest BCUT2D eigenvalue weighted by molar-refractivity contribution is -0.139. The van der Waals surface area contributed by atoms with Gasteiger partial charge in [-0.3, -0.25) is 14.9 Å². The van der Waals surface area contributed by atoms with E-state index in [0.29, 0.717) is 6.42 Å².